The molecule has 34 heavy (non-hydrogen) atoms. The molecule has 0 spiro atoms. The number of benzene rings is 3. The van der Waals surface area contributed by atoms with Gasteiger partial charge in [0.15, 0.2) is 6.61 Å². The number of hydrogen-bond acceptors (Lipinski definition) is 6. The Kier molecular flexibility index (Phi) is 6.44. The number of anilines is 2. The second-order valence-electron chi connectivity index (χ2n) is 7.77. The van der Waals surface area contributed by atoms with Crippen molar-refractivity contribution < 1.29 is 24.0 Å². The largest absolute Gasteiger partial charge is 0.497 e. The number of carbonyl (C=O) groups is 2. The Balaban J connectivity index is 1.48. The molecule has 1 aliphatic heterocycles. The first kappa shape index (κ1) is 22.8. The van der Waals surface area contributed by atoms with Crippen molar-refractivity contribution in [3.8, 4) is 22.6 Å². The number of non-ortho nitro benzene ring substituents is 1. The Hall–Kier alpha value is -4.40. The van der Waals surface area contributed by atoms with E-state index in [9.17, 15) is 19.7 Å². The number of carbonyl (C=O) groups excluding carboxylic acids is 2. The van der Waals surface area contributed by atoms with Crippen LogP contribution in [0.2, 0.25) is 0 Å². The number of nitrogens with one attached hydrogen (secondary N) is 1. The van der Waals surface area contributed by atoms with E-state index in [1.807, 2.05) is 12.1 Å². The molecule has 2 amide bonds. The molecule has 1 N–H and O–H groups in total. The Morgan fingerprint density at radius 1 is 1.09 bits per heavy atom. The van der Waals surface area contributed by atoms with Gasteiger partial charge in [-0.2, -0.15) is 0 Å². The van der Waals surface area contributed by atoms with Crippen molar-refractivity contribution in [3.05, 3.63) is 76.3 Å². The van der Waals surface area contributed by atoms with Gasteiger partial charge in [0.25, 0.3) is 11.6 Å². The van der Waals surface area contributed by atoms with Crippen molar-refractivity contribution in [1.82, 2.24) is 0 Å². The molecule has 174 valence electrons. The number of hydrogen-bond donors (Lipinski definition) is 1. The minimum atomic E-state index is -0.482. The molecule has 0 bridgehead atoms. The maximum Gasteiger partial charge on any atom is 0.270 e. The number of rotatable bonds is 7. The van der Waals surface area contributed by atoms with Crippen LogP contribution in [-0.4, -0.2) is 37.0 Å². The molecular weight excluding hydrogens is 438 g/mol. The predicted molar refractivity (Wildman–Crippen MR) is 127 cm³/mol. The summed E-state index contributed by atoms with van der Waals surface area (Å²) in [6, 6.07) is 16.7. The number of nitro groups is 1. The standard InChI is InChI=1S/C25H23N3O6/c1-16(29)27-12-11-18-13-19(5-9-23(18)27)26-25(30)15-34-24-10-6-20(28(31)32)14-22(24)17-3-7-21(33-2)8-4-17/h3-10,13-14H,11-12,15H2,1-2H3,(H,26,30). The summed E-state index contributed by atoms with van der Waals surface area (Å²) >= 11 is 0. The SMILES string of the molecule is COc1ccc(-c2cc([N+](=O)[O-])ccc2OCC(=O)Nc2ccc3c(c2)CCN3C(C)=O)cc1. The minimum absolute atomic E-state index is 0.0142. The number of fused-ring (bicyclic) bond motifs is 1. The van der Waals surface area contributed by atoms with Crippen molar-refractivity contribution >= 4 is 28.9 Å². The maximum atomic E-state index is 12.5. The van der Waals surface area contributed by atoms with Crippen molar-refractivity contribution in [3.63, 3.8) is 0 Å². The van der Waals surface area contributed by atoms with E-state index in [4.69, 9.17) is 9.47 Å². The molecule has 1 aliphatic rings. The third-order valence-electron chi connectivity index (χ3n) is 5.57. The molecule has 0 fully saturated rings. The smallest absolute Gasteiger partial charge is 0.270 e. The van der Waals surface area contributed by atoms with Crippen LogP contribution in [0.25, 0.3) is 11.1 Å². The molecule has 4 rings (SSSR count). The highest BCUT2D eigenvalue weighted by Crippen LogP contribution is 2.35. The molecular formula is C25H23N3O6. The molecule has 0 radical (unpaired) electrons. The summed E-state index contributed by atoms with van der Waals surface area (Å²) in [5, 5.41) is 14.1. The highest BCUT2D eigenvalue weighted by Gasteiger charge is 2.22. The van der Waals surface area contributed by atoms with Crippen molar-refractivity contribution in [2.24, 2.45) is 0 Å². The van der Waals surface area contributed by atoms with E-state index < -0.39 is 4.92 Å². The fourth-order valence-electron chi connectivity index (χ4n) is 3.90. The van der Waals surface area contributed by atoms with E-state index in [1.165, 1.54) is 25.1 Å². The van der Waals surface area contributed by atoms with Gasteiger partial charge in [-0.1, -0.05) is 12.1 Å². The first-order valence-corrected chi connectivity index (χ1v) is 10.6. The zero-order valence-electron chi connectivity index (χ0n) is 18.7. The van der Waals surface area contributed by atoms with E-state index in [-0.39, 0.29) is 24.1 Å². The molecule has 0 saturated carbocycles. The minimum Gasteiger partial charge on any atom is -0.497 e. The summed E-state index contributed by atoms with van der Waals surface area (Å²) in [5.41, 5.74) is 3.56. The third-order valence-corrected chi connectivity index (χ3v) is 5.57. The van der Waals surface area contributed by atoms with E-state index in [0.29, 0.717) is 34.9 Å². The summed E-state index contributed by atoms with van der Waals surface area (Å²) in [6.45, 7) is 1.87. The lowest BCUT2D eigenvalue weighted by atomic mass is 10.0. The summed E-state index contributed by atoms with van der Waals surface area (Å²) in [5.74, 6) is 0.605. The normalized spacial score (nSPS) is 12.1. The zero-order chi connectivity index (χ0) is 24.2. The molecule has 1 heterocycles. The van der Waals surface area contributed by atoms with Crippen LogP contribution in [0.15, 0.2) is 60.7 Å². The van der Waals surface area contributed by atoms with Gasteiger partial charge < -0.3 is 19.7 Å². The fourth-order valence-corrected chi connectivity index (χ4v) is 3.90. The van der Waals surface area contributed by atoms with Gasteiger partial charge in [-0.3, -0.25) is 19.7 Å². The van der Waals surface area contributed by atoms with Crippen molar-refractivity contribution in [2.75, 3.05) is 30.5 Å². The average molecular weight is 461 g/mol. The van der Waals surface area contributed by atoms with E-state index in [0.717, 1.165) is 17.7 Å². The first-order chi connectivity index (χ1) is 16.4. The second kappa shape index (κ2) is 9.62. The first-order valence-electron chi connectivity index (χ1n) is 10.6. The Morgan fingerprint density at radius 2 is 1.85 bits per heavy atom. The van der Waals surface area contributed by atoms with Gasteiger partial charge in [0, 0.05) is 42.5 Å². The molecule has 0 aliphatic carbocycles. The van der Waals surface area contributed by atoms with E-state index >= 15 is 0 Å². The van der Waals surface area contributed by atoms with Gasteiger partial charge >= 0.3 is 0 Å². The lowest BCUT2D eigenvalue weighted by molar-refractivity contribution is -0.384. The lowest BCUT2D eigenvalue weighted by Gasteiger charge is -2.15. The molecule has 0 unspecified atom stereocenters. The topological polar surface area (TPSA) is 111 Å². The monoisotopic (exact) mass is 461 g/mol. The molecule has 3 aromatic rings. The highest BCUT2D eigenvalue weighted by molar-refractivity contribution is 5.96. The lowest BCUT2D eigenvalue weighted by Crippen LogP contribution is -2.25. The quantitative estimate of drug-likeness (QED) is 0.417. The second-order valence-corrected chi connectivity index (χ2v) is 7.77. The van der Waals surface area contributed by atoms with E-state index in [2.05, 4.69) is 5.32 Å². The number of ether oxygens (including phenoxy) is 2. The summed E-state index contributed by atoms with van der Waals surface area (Å²) in [7, 11) is 1.55. The molecule has 9 heteroatoms. The number of nitro benzene ring substituents is 1. The van der Waals surface area contributed by atoms with Crippen molar-refractivity contribution in [2.45, 2.75) is 13.3 Å². The Labute approximate surface area is 196 Å². The van der Waals surface area contributed by atoms with Crippen LogP contribution in [-0.2, 0) is 16.0 Å². The molecule has 0 atom stereocenters. The zero-order valence-corrected chi connectivity index (χ0v) is 18.7. The molecule has 0 saturated heterocycles. The number of methoxy groups -OCH3 is 1. The number of nitrogens with zero attached hydrogens (tertiary/aromatic N) is 2. The average Bonchev–Trinajstić information content (AvgIpc) is 3.26. The number of amides is 2. The molecule has 3 aromatic carbocycles. The van der Waals surface area contributed by atoms with Crippen LogP contribution >= 0.6 is 0 Å². The fraction of sp³-hybridized carbons (Fsp3) is 0.200. The van der Waals surface area contributed by atoms with Gasteiger partial charge in [0.1, 0.15) is 11.5 Å². The predicted octanol–water partition coefficient (Wildman–Crippen LogP) is 4.20. The van der Waals surface area contributed by atoms with Crippen LogP contribution in [0.3, 0.4) is 0 Å². The van der Waals surface area contributed by atoms with Gasteiger partial charge in [0.2, 0.25) is 5.91 Å². The van der Waals surface area contributed by atoms with Crippen LogP contribution in [0.4, 0.5) is 17.1 Å². The van der Waals surface area contributed by atoms with Crippen molar-refractivity contribution in [1.29, 1.82) is 0 Å². The van der Waals surface area contributed by atoms with E-state index in [1.54, 1.807) is 42.3 Å². The van der Waals surface area contributed by atoms with Crippen LogP contribution < -0.4 is 19.7 Å². The third kappa shape index (κ3) is 4.83. The van der Waals surface area contributed by atoms with Gasteiger partial charge in [-0.05, 0) is 53.9 Å². The summed E-state index contributed by atoms with van der Waals surface area (Å²) < 4.78 is 10.9. The van der Waals surface area contributed by atoms with Gasteiger partial charge in [-0.15, -0.1) is 0 Å². The maximum absolute atomic E-state index is 12.5. The van der Waals surface area contributed by atoms with Crippen LogP contribution in [0, 0.1) is 10.1 Å². The molecule has 0 aromatic heterocycles. The molecule has 9 nitrogen and oxygen atoms in total. The highest BCUT2D eigenvalue weighted by atomic mass is 16.6. The van der Waals surface area contributed by atoms with Gasteiger partial charge in [0.05, 0.1) is 12.0 Å². The summed E-state index contributed by atoms with van der Waals surface area (Å²) in [6.07, 6.45) is 0.725. The Morgan fingerprint density at radius 3 is 2.53 bits per heavy atom. The Bertz CT molecular complexity index is 1260. The summed E-state index contributed by atoms with van der Waals surface area (Å²) in [4.78, 5) is 36.7. The van der Waals surface area contributed by atoms with Gasteiger partial charge in [-0.25, -0.2) is 0 Å². The van der Waals surface area contributed by atoms with Crippen LogP contribution in [0.5, 0.6) is 11.5 Å². The van der Waals surface area contributed by atoms with Crippen LogP contribution in [0.1, 0.15) is 12.5 Å².